The van der Waals surface area contributed by atoms with Crippen molar-refractivity contribution in [2.75, 3.05) is 0 Å². The maximum atomic E-state index is 11.1. The van der Waals surface area contributed by atoms with Gasteiger partial charge in [0.1, 0.15) is 0 Å². The summed E-state index contributed by atoms with van der Waals surface area (Å²) >= 11 is 0. The van der Waals surface area contributed by atoms with E-state index in [2.05, 4.69) is 11.8 Å². The van der Waals surface area contributed by atoms with Crippen molar-refractivity contribution < 1.29 is 25.2 Å². The molecule has 0 spiro atoms. The third-order valence-electron chi connectivity index (χ3n) is 2.81. The Kier molecular flexibility index (Phi) is 5.27. The first-order valence-electron chi connectivity index (χ1n) is 5.93. The fraction of sp³-hybridized carbons (Fsp3) is 0.462. The number of hydrogen-bond donors (Lipinski definition) is 3. The highest BCUT2D eigenvalue weighted by Crippen LogP contribution is 2.24. The molecule has 18 heavy (non-hydrogen) atoms. The third-order valence-corrected chi connectivity index (χ3v) is 2.81. The summed E-state index contributed by atoms with van der Waals surface area (Å²) in [7, 11) is 0. The molecule has 0 bridgehead atoms. The lowest BCUT2D eigenvalue weighted by Crippen LogP contribution is -2.37. The summed E-state index contributed by atoms with van der Waals surface area (Å²) < 4.78 is 0. The number of carbonyl (C=O) groups excluding carboxylic acids is 1. The number of carbonyl (C=O) groups is 1. The van der Waals surface area contributed by atoms with Crippen LogP contribution < -0.4 is 0 Å². The van der Waals surface area contributed by atoms with Crippen LogP contribution >= 0.6 is 0 Å². The van der Waals surface area contributed by atoms with Crippen LogP contribution in [0.4, 0.5) is 0 Å². The highest BCUT2D eigenvalue weighted by Gasteiger charge is 2.39. The van der Waals surface area contributed by atoms with Gasteiger partial charge >= 0.3 is 5.97 Å². The summed E-state index contributed by atoms with van der Waals surface area (Å²) in [6.07, 6.45) is 3.58. The fourth-order valence-electron chi connectivity index (χ4n) is 1.82. The van der Waals surface area contributed by atoms with Gasteiger partial charge < -0.3 is 10.2 Å². The van der Waals surface area contributed by atoms with E-state index in [-0.39, 0.29) is 5.56 Å². The lowest BCUT2D eigenvalue weighted by molar-refractivity contribution is -0.280. The van der Waals surface area contributed by atoms with Gasteiger partial charge in [0, 0.05) is 5.56 Å². The van der Waals surface area contributed by atoms with Crippen LogP contribution in [0, 0.1) is 0 Å². The standard InChI is InChI=1S/C13H18O5/c1-2-3-4-7-10-8-5-6-9-11(10)13(15,16)12(14)18-17/h5-6,8-9,15-17H,2-4,7H2,1H3. The summed E-state index contributed by atoms with van der Waals surface area (Å²) in [5, 5.41) is 27.7. The molecule has 0 radical (unpaired) electrons. The van der Waals surface area contributed by atoms with Gasteiger partial charge in [-0.15, -0.1) is 0 Å². The average Bonchev–Trinajstić information content (AvgIpc) is 2.38. The van der Waals surface area contributed by atoms with Gasteiger partial charge in [0.25, 0.3) is 5.79 Å². The SMILES string of the molecule is CCCCCc1ccccc1C(O)(O)C(=O)OO. The first-order chi connectivity index (χ1) is 8.54. The average molecular weight is 254 g/mol. The molecule has 1 aromatic rings. The Bertz CT molecular complexity index is 400. The summed E-state index contributed by atoms with van der Waals surface area (Å²) in [6.45, 7) is 2.07. The molecule has 0 aromatic heterocycles. The molecule has 5 nitrogen and oxygen atoms in total. The molecule has 0 unspecified atom stereocenters. The molecule has 1 aromatic carbocycles. The molecule has 0 aliphatic heterocycles. The largest absolute Gasteiger partial charge is 0.405 e. The minimum absolute atomic E-state index is 0.0418. The molecule has 5 heteroatoms. The monoisotopic (exact) mass is 254 g/mol. The van der Waals surface area contributed by atoms with Crippen LogP contribution in [-0.2, 0) is 21.9 Å². The number of unbranched alkanes of at least 4 members (excludes halogenated alkanes) is 2. The van der Waals surface area contributed by atoms with Crippen LogP contribution in [0.25, 0.3) is 0 Å². The number of benzene rings is 1. The van der Waals surface area contributed by atoms with Gasteiger partial charge in [-0.1, -0.05) is 44.0 Å². The highest BCUT2D eigenvalue weighted by molar-refractivity contribution is 5.78. The van der Waals surface area contributed by atoms with E-state index in [1.54, 1.807) is 18.2 Å². The van der Waals surface area contributed by atoms with Crippen LogP contribution in [0.5, 0.6) is 0 Å². The van der Waals surface area contributed by atoms with Gasteiger partial charge in [-0.05, 0) is 18.4 Å². The second kappa shape index (κ2) is 6.49. The Morgan fingerprint density at radius 2 is 1.94 bits per heavy atom. The lowest BCUT2D eigenvalue weighted by atomic mass is 9.95. The minimum atomic E-state index is -2.82. The molecule has 100 valence electrons. The first-order valence-corrected chi connectivity index (χ1v) is 5.93. The van der Waals surface area contributed by atoms with E-state index in [0.717, 1.165) is 19.3 Å². The Morgan fingerprint density at radius 1 is 1.28 bits per heavy atom. The van der Waals surface area contributed by atoms with Crippen LogP contribution in [-0.4, -0.2) is 21.4 Å². The molecule has 0 saturated heterocycles. The second-order valence-electron chi connectivity index (χ2n) is 4.17. The van der Waals surface area contributed by atoms with Crippen LogP contribution in [0.15, 0.2) is 24.3 Å². The topological polar surface area (TPSA) is 87.0 Å². The molecule has 0 saturated carbocycles. The molecule has 0 amide bonds. The van der Waals surface area contributed by atoms with Crippen molar-refractivity contribution in [2.24, 2.45) is 0 Å². The summed E-state index contributed by atoms with van der Waals surface area (Å²) in [5.74, 6) is -4.33. The van der Waals surface area contributed by atoms with Crippen molar-refractivity contribution >= 4 is 5.97 Å². The second-order valence-corrected chi connectivity index (χ2v) is 4.17. The van der Waals surface area contributed by atoms with Crippen molar-refractivity contribution in [3.05, 3.63) is 35.4 Å². The van der Waals surface area contributed by atoms with Crippen LogP contribution in [0.1, 0.15) is 37.3 Å². The Labute approximate surface area is 106 Å². The highest BCUT2D eigenvalue weighted by atomic mass is 17.1. The van der Waals surface area contributed by atoms with Crippen molar-refractivity contribution in [3.63, 3.8) is 0 Å². The number of aliphatic hydroxyl groups is 2. The molecular weight excluding hydrogens is 236 g/mol. The van der Waals surface area contributed by atoms with E-state index in [0.29, 0.717) is 12.0 Å². The summed E-state index contributed by atoms with van der Waals surface area (Å²) in [5.41, 5.74) is 0.696. The molecule has 0 heterocycles. The number of rotatable bonds is 6. The van der Waals surface area contributed by atoms with Gasteiger partial charge in [0.2, 0.25) is 0 Å². The maximum absolute atomic E-state index is 11.1. The van der Waals surface area contributed by atoms with Gasteiger partial charge in [-0.2, -0.15) is 5.26 Å². The van der Waals surface area contributed by atoms with Crippen molar-refractivity contribution in [3.8, 4) is 0 Å². The third kappa shape index (κ3) is 3.29. The van der Waals surface area contributed by atoms with Crippen LogP contribution in [0.3, 0.4) is 0 Å². The van der Waals surface area contributed by atoms with E-state index < -0.39 is 11.8 Å². The predicted molar refractivity (Wildman–Crippen MR) is 64.5 cm³/mol. The number of aryl methyl sites for hydroxylation is 1. The molecular formula is C13H18O5. The zero-order chi connectivity index (χ0) is 13.6. The van der Waals surface area contributed by atoms with Crippen molar-refractivity contribution in [2.45, 2.75) is 38.4 Å². The smallest absolute Gasteiger partial charge is 0.353 e. The quantitative estimate of drug-likeness (QED) is 0.310. The van der Waals surface area contributed by atoms with Gasteiger partial charge in [-0.3, -0.25) is 4.89 Å². The van der Waals surface area contributed by atoms with Gasteiger partial charge in [0.15, 0.2) is 0 Å². The van der Waals surface area contributed by atoms with Crippen molar-refractivity contribution in [1.82, 2.24) is 0 Å². The van der Waals surface area contributed by atoms with Crippen molar-refractivity contribution in [1.29, 1.82) is 0 Å². The molecule has 3 N–H and O–H groups in total. The Balaban J connectivity index is 2.97. The van der Waals surface area contributed by atoms with Gasteiger partial charge in [0.05, 0.1) is 0 Å². The first kappa shape index (κ1) is 14.6. The maximum Gasteiger partial charge on any atom is 0.405 e. The molecule has 0 aliphatic carbocycles. The summed E-state index contributed by atoms with van der Waals surface area (Å²) in [6, 6.07) is 6.49. The molecule has 1 rings (SSSR count). The molecule has 0 atom stereocenters. The normalized spacial score (nSPS) is 11.3. The molecule has 0 aliphatic rings. The van der Waals surface area contributed by atoms with Crippen LogP contribution in [0.2, 0.25) is 0 Å². The van der Waals surface area contributed by atoms with E-state index in [1.807, 2.05) is 0 Å². The molecule has 0 fully saturated rings. The summed E-state index contributed by atoms with van der Waals surface area (Å²) in [4.78, 5) is 14.6. The fourth-order valence-corrected chi connectivity index (χ4v) is 1.82. The zero-order valence-corrected chi connectivity index (χ0v) is 10.3. The predicted octanol–water partition coefficient (Wildman–Crippen LogP) is 1.57. The van der Waals surface area contributed by atoms with E-state index >= 15 is 0 Å². The number of hydrogen-bond acceptors (Lipinski definition) is 5. The van der Waals surface area contributed by atoms with Gasteiger partial charge in [-0.25, -0.2) is 4.79 Å². The Hall–Kier alpha value is -1.43. The lowest BCUT2D eigenvalue weighted by Gasteiger charge is -2.20. The Morgan fingerprint density at radius 3 is 2.56 bits per heavy atom. The minimum Gasteiger partial charge on any atom is -0.353 e. The zero-order valence-electron chi connectivity index (χ0n) is 10.3. The van der Waals surface area contributed by atoms with E-state index in [4.69, 9.17) is 5.26 Å². The van der Waals surface area contributed by atoms with E-state index in [9.17, 15) is 15.0 Å². The van der Waals surface area contributed by atoms with E-state index in [1.165, 1.54) is 6.07 Å².